The number of aromatic nitrogens is 1. The van der Waals surface area contributed by atoms with E-state index in [2.05, 4.69) is 12.1 Å². The minimum atomic E-state index is -0.492. The van der Waals surface area contributed by atoms with Gasteiger partial charge in [-0.05, 0) is 29.0 Å². The Morgan fingerprint density at radius 1 is 1.04 bits per heavy atom. The zero-order valence-electron chi connectivity index (χ0n) is 15.7. The third-order valence-electron chi connectivity index (χ3n) is 4.56. The largest absolute Gasteiger partial charge is 0.464 e. The van der Waals surface area contributed by atoms with Gasteiger partial charge in [-0.25, -0.2) is 4.79 Å². The first kappa shape index (κ1) is 19.3. The standard InChI is InChI=1S/C22H17N3O2S/c1-25-20(22(26)27-2)19(18(13-24)21(25)28-3)15-10-8-14(9-11-15)17-7-5-4-6-16(17)12-23/h4-11H,1-3H3. The lowest BCUT2D eigenvalue weighted by molar-refractivity contribution is 0.0590. The van der Waals surface area contributed by atoms with Crippen LogP contribution in [0.1, 0.15) is 21.6 Å². The number of nitrogens with zero attached hydrogens (tertiary/aromatic N) is 3. The number of carbonyl (C=O) groups is 1. The van der Waals surface area contributed by atoms with Crippen LogP contribution < -0.4 is 0 Å². The second-order valence-electron chi connectivity index (χ2n) is 6.01. The zero-order valence-corrected chi connectivity index (χ0v) is 16.5. The molecule has 0 fully saturated rings. The van der Waals surface area contributed by atoms with Gasteiger partial charge in [-0.2, -0.15) is 10.5 Å². The summed E-state index contributed by atoms with van der Waals surface area (Å²) in [6.45, 7) is 0. The van der Waals surface area contributed by atoms with Crippen LogP contribution >= 0.6 is 11.8 Å². The van der Waals surface area contributed by atoms with Crippen LogP contribution in [-0.4, -0.2) is 23.9 Å². The number of esters is 1. The molecule has 0 radical (unpaired) electrons. The lowest BCUT2D eigenvalue weighted by atomic mass is 9.96. The molecule has 0 N–H and O–H groups in total. The van der Waals surface area contributed by atoms with Crippen LogP contribution in [0.5, 0.6) is 0 Å². The number of rotatable bonds is 4. The molecule has 5 nitrogen and oxygen atoms in total. The van der Waals surface area contributed by atoms with Gasteiger partial charge in [0.2, 0.25) is 0 Å². The van der Waals surface area contributed by atoms with Crippen molar-refractivity contribution in [1.82, 2.24) is 4.57 Å². The molecule has 6 heteroatoms. The van der Waals surface area contributed by atoms with Gasteiger partial charge in [0.1, 0.15) is 11.8 Å². The molecule has 28 heavy (non-hydrogen) atoms. The van der Waals surface area contributed by atoms with Gasteiger partial charge in [0.25, 0.3) is 0 Å². The van der Waals surface area contributed by atoms with Crippen LogP contribution in [0.3, 0.4) is 0 Å². The Labute approximate surface area is 167 Å². The Balaban J connectivity index is 2.19. The summed E-state index contributed by atoms with van der Waals surface area (Å²) in [5.74, 6) is -0.492. The van der Waals surface area contributed by atoms with Gasteiger partial charge < -0.3 is 9.30 Å². The Morgan fingerprint density at radius 2 is 1.68 bits per heavy atom. The number of methoxy groups -OCH3 is 1. The molecule has 0 amide bonds. The van der Waals surface area contributed by atoms with E-state index < -0.39 is 5.97 Å². The van der Waals surface area contributed by atoms with Gasteiger partial charge in [-0.3, -0.25) is 0 Å². The summed E-state index contributed by atoms with van der Waals surface area (Å²) in [4.78, 5) is 12.4. The van der Waals surface area contributed by atoms with Gasteiger partial charge in [0, 0.05) is 12.6 Å². The highest BCUT2D eigenvalue weighted by Crippen LogP contribution is 2.37. The molecule has 3 aromatic rings. The smallest absolute Gasteiger partial charge is 0.355 e. The van der Waals surface area contributed by atoms with Crippen molar-refractivity contribution in [3.63, 3.8) is 0 Å². The fraction of sp³-hybridized carbons (Fsp3) is 0.136. The van der Waals surface area contributed by atoms with E-state index in [-0.39, 0.29) is 0 Å². The maximum absolute atomic E-state index is 12.4. The molecule has 1 aromatic heterocycles. The Bertz CT molecular complexity index is 1130. The average Bonchev–Trinajstić information content (AvgIpc) is 3.04. The molecule has 0 aliphatic carbocycles. The van der Waals surface area contributed by atoms with Crippen LogP contribution in [0, 0.1) is 22.7 Å². The summed E-state index contributed by atoms with van der Waals surface area (Å²) in [5.41, 5.74) is 4.40. The number of benzene rings is 2. The summed E-state index contributed by atoms with van der Waals surface area (Å²) < 4.78 is 6.64. The molecule has 0 saturated carbocycles. The Morgan fingerprint density at radius 3 is 2.25 bits per heavy atom. The molecule has 0 atom stereocenters. The Hall–Kier alpha value is -3.48. The molecule has 1 heterocycles. The van der Waals surface area contributed by atoms with Crippen LogP contribution in [0.15, 0.2) is 53.6 Å². The number of hydrogen-bond acceptors (Lipinski definition) is 5. The fourth-order valence-electron chi connectivity index (χ4n) is 3.27. The van der Waals surface area contributed by atoms with E-state index in [1.165, 1.54) is 18.9 Å². The number of carbonyl (C=O) groups excluding carboxylic acids is 1. The van der Waals surface area contributed by atoms with E-state index in [4.69, 9.17) is 4.74 Å². The number of nitriles is 2. The normalized spacial score (nSPS) is 10.2. The SMILES string of the molecule is COC(=O)c1c(-c2ccc(-c3ccccc3C#N)cc2)c(C#N)c(SC)n1C. The predicted molar refractivity (Wildman–Crippen MR) is 109 cm³/mol. The minimum Gasteiger partial charge on any atom is -0.464 e. The van der Waals surface area contributed by atoms with Crippen molar-refractivity contribution in [3.8, 4) is 34.4 Å². The van der Waals surface area contributed by atoms with Gasteiger partial charge in [-0.15, -0.1) is 11.8 Å². The average molecular weight is 387 g/mol. The maximum Gasteiger partial charge on any atom is 0.355 e. The number of hydrogen-bond donors (Lipinski definition) is 0. The minimum absolute atomic E-state index is 0.341. The molecular formula is C22H17N3O2S. The van der Waals surface area contributed by atoms with Crippen molar-refractivity contribution < 1.29 is 9.53 Å². The second kappa shape index (κ2) is 8.04. The van der Waals surface area contributed by atoms with E-state index in [0.717, 1.165) is 16.7 Å². The topological polar surface area (TPSA) is 78.8 Å². The quantitative estimate of drug-likeness (QED) is 0.482. The molecule has 138 valence electrons. The molecule has 0 aliphatic heterocycles. The van der Waals surface area contributed by atoms with E-state index in [0.29, 0.717) is 27.4 Å². The van der Waals surface area contributed by atoms with Crippen molar-refractivity contribution in [2.24, 2.45) is 7.05 Å². The first-order valence-corrected chi connectivity index (χ1v) is 9.64. The highest BCUT2D eigenvalue weighted by atomic mass is 32.2. The van der Waals surface area contributed by atoms with Crippen molar-refractivity contribution in [2.45, 2.75) is 5.03 Å². The summed E-state index contributed by atoms with van der Waals surface area (Å²) in [6.07, 6.45) is 1.86. The van der Waals surface area contributed by atoms with Crippen LogP contribution in [0.4, 0.5) is 0 Å². The van der Waals surface area contributed by atoms with E-state index in [1.54, 1.807) is 17.7 Å². The van der Waals surface area contributed by atoms with E-state index >= 15 is 0 Å². The third kappa shape index (κ3) is 3.15. The van der Waals surface area contributed by atoms with E-state index in [9.17, 15) is 15.3 Å². The van der Waals surface area contributed by atoms with Gasteiger partial charge >= 0.3 is 5.97 Å². The van der Waals surface area contributed by atoms with Gasteiger partial charge in [-0.1, -0.05) is 42.5 Å². The van der Waals surface area contributed by atoms with Crippen molar-refractivity contribution >= 4 is 17.7 Å². The molecular weight excluding hydrogens is 370 g/mol. The van der Waals surface area contributed by atoms with Crippen LogP contribution in [-0.2, 0) is 11.8 Å². The lowest BCUT2D eigenvalue weighted by Crippen LogP contribution is -2.09. The van der Waals surface area contributed by atoms with Crippen LogP contribution in [0.2, 0.25) is 0 Å². The molecule has 0 saturated heterocycles. The molecule has 0 aliphatic rings. The highest BCUT2D eigenvalue weighted by Gasteiger charge is 2.27. The first-order chi connectivity index (χ1) is 13.6. The lowest BCUT2D eigenvalue weighted by Gasteiger charge is -2.08. The van der Waals surface area contributed by atoms with Crippen molar-refractivity contribution in [2.75, 3.05) is 13.4 Å². The summed E-state index contributed by atoms with van der Waals surface area (Å²) in [6, 6.07) is 19.3. The number of ether oxygens (including phenoxy) is 1. The predicted octanol–water partition coefficient (Wildman–Crippen LogP) is 4.61. The summed E-state index contributed by atoms with van der Waals surface area (Å²) in [5, 5.41) is 19.7. The monoisotopic (exact) mass is 387 g/mol. The maximum atomic E-state index is 12.4. The molecule has 3 rings (SSSR count). The van der Waals surface area contributed by atoms with E-state index in [1.807, 2.05) is 48.7 Å². The molecule has 0 bridgehead atoms. The van der Waals surface area contributed by atoms with Crippen molar-refractivity contribution in [3.05, 3.63) is 65.4 Å². The second-order valence-corrected chi connectivity index (χ2v) is 6.80. The molecule has 0 spiro atoms. The highest BCUT2D eigenvalue weighted by molar-refractivity contribution is 7.98. The zero-order chi connectivity index (χ0) is 20.3. The van der Waals surface area contributed by atoms with Gasteiger partial charge in [0.05, 0.1) is 29.3 Å². The molecule has 0 unspecified atom stereocenters. The van der Waals surface area contributed by atoms with Crippen molar-refractivity contribution in [1.29, 1.82) is 10.5 Å². The first-order valence-electron chi connectivity index (χ1n) is 8.42. The summed E-state index contributed by atoms with van der Waals surface area (Å²) in [7, 11) is 3.08. The third-order valence-corrected chi connectivity index (χ3v) is 5.42. The molecule has 2 aromatic carbocycles. The van der Waals surface area contributed by atoms with Crippen LogP contribution in [0.25, 0.3) is 22.3 Å². The number of thioether (sulfide) groups is 1. The van der Waals surface area contributed by atoms with Gasteiger partial charge in [0.15, 0.2) is 0 Å². The Kier molecular flexibility index (Phi) is 5.54. The fourth-order valence-corrected chi connectivity index (χ4v) is 3.99. The summed E-state index contributed by atoms with van der Waals surface area (Å²) >= 11 is 1.41.